The molecule has 0 unspecified atom stereocenters. The Balaban J connectivity index is 1.96. The van der Waals surface area contributed by atoms with Gasteiger partial charge in [0.15, 0.2) is 5.84 Å². The van der Waals surface area contributed by atoms with Crippen molar-refractivity contribution in [3.63, 3.8) is 0 Å². The van der Waals surface area contributed by atoms with Crippen LogP contribution < -0.4 is 16.3 Å². The van der Waals surface area contributed by atoms with Crippen LogP contribution in [0.1, 0.15) is 17.0 Å². The number of hydrogen-bond acceptors (Lipinski definition) is 7. The maximum atomic E-state index is 8.74. The second kappa shape index (κ2) is 9.24. The van der Waals surface area contributed by atoms with Gasteiger partial charge in [0.2, 0.25) is 0 Å². The van der Waals surface area contributed by atoms with E-state index in [1.165, 1.54) is 17.1 Å². The molecule has 1 heterocycles. The first-order chi connectivity index (χ1) is 11.6. The zero-order valence-corrected chi connectivity index (χ0v) is 14.3. The molecule has 128 valence electrons. The number of benzene rings is 1. The highest BCUT2D eigenvalue weighted by Crippen LogP contribution is 2.15. The molecule has 0 aliphatic rings. The summed E-state index contributed by atoms with van der Waals surface area (Å²) in [6.07, 6.45) is 0. The maximum Gasteiger partial charge on any atom is 0.152 e. The van der Waals surface area contributed by atoms with Crippen LogP contribution in [-0.4, -0.2) is 34.2 Å². The number of nitrogens with one attached hydrogen (secondary N) is 1. The van der Waals surface area contributed by atoms with E-state index < -0.39 is 0 Å². The molecular formula is C16H22N6OS. The third-order valence-electron chi connectivity index (χ3n) is 3.06. The molecule has 0 saturated heterocycles. The van der Waals surface area contributed by atoms with Crippen molar-refractivity contribution < 1.29 is 5.11 Å². The van der Waals surface area contributed by atoms with Gasteiger partial charge in [-0.2, -0.15) is 0 Å². The van der Waals surface area contributed by atoms with Crippen LogP contribution in [0.5, 0.6) is 0 Å². The molecule has 2 rings (SSSR count). The first-order valence-electron chi connectivity index (χ1n) is 7.48. The minimum atomic E-state index is 0.104. The number of aliphatic hydroxyl groups excluding tert-OH is 1. The van der Waals surface area contributed by atoms with E-state index in [1.54, 1.807) is 0 Å². The summed E-state index contributed by atoms with van der Waals surface area (Å²) >= 11 is 1.45. The summed E-state index contributed by atoms with van der Waals surface area (Å²) < 4.78 is 3.03. The van der Waals surface area contributed by atoms with Crippen LogP contribution in [0.4, 0.5) is 0 Å². The molecule has 0 saturated carbocycles. The number of pyridine rings is 1. The molecule has 1 aromatic heterocycles. The molecule has 0 amide bonds. The van der Waals surface area contributed by atoms with E-state index in [2.05, 4.69) is 14.8 Å². The summed E-state index contributed by atoms with van der Waals surface area (Å²) in [5.41, 5.74) is 8.55. The fourth-order valence-electron chi connectivity index (χ4n) is 1.96. The molecule has 1 aromatic carbocycles. The second-order valence-electron chi connectivity index (χ2n) is 5.10. The first kappa shape index (κ1) is 18.2. The van der Waals surface area contributed by atoms with Crippen LogP contribution in [0.25, 0.3) is 0 Å². The SMILES string of the molecule is Cc1cccc(CN(N)/N=C(\N)c2ccc(SNCCO)cc2)n1. The van der Waals surface area contributed by atoms with Crippen LogP contribution in [0, 0.1) is 6.92 Å². The molecule has 0 bridgehead atoms. The van der Waals surface area contributed by atoms with Crippen LogP contribution in [-0.2, 0) is 6.54 Å². The Morgan fingerprint density at radius 1 is 1.29 bits per heavy atom. The first-order valence-corrected chi connectivity index (χ1v) is 8.30. The Morgan fingerprint density at radius 2 is 2.04 bits per heavy atom. The Bertz CT molecular complexity index is 677. The summed E-state index contributed by atoms with van der Waals surface area (Å²) in [5.74, 6) is 6.23. The number of aliphatic hydroxyl groups is 1. The maximum absolute atomic E-state index is 8.74. The standard InChI is InChI=1S/C16H22N6OS/c1-12-3-2-4-14(20-12)11-22(18)21-16(17)13-5-7-15(8-6-13)24-19-9-10-23/h2-8,19,23H,9-11,18H2,1H3,(H2,17,21). The molecule has 0 fully saturated rings. The molecular weight excluding hydrogens is 324 g/mol. The summed E-state index contributed by atoms with van der Waals surface area (Å²) in [6.45, 7) is 2.94. The zero-order valence-electron chi connectivity index (χ0n) is 13.5. The largest absolute Gasteiger partial charge is 0.395 e. The molecule has 0 spiro atoms. The van der Waals surface area contributed by atoms with E-state index in [0.29, 0.717) is 18.9 Å². The fraction of sp³-hybridized carbons (Fsp3) is 0.250. The van der Waals surface area contributed by atoms with Crippen LogP contribution in [0.2, 0.25) is 0 Å². The monoisotopic (exact) mass is 346 g/mol. The quantitative estimate of drug-likeness (QED) is 0.141. The van der Waals surface area contributed by atoms with Gasteiger partial charge < -0.3 is 10.8 Å². The van der Waals surface area contributed by atoms with Crippen molar-refractivity contribution in [2.24, 2.45) is 16.7 Å². The van der Waals surface area contributed by atoms with E-state index >= 15 is 0 Å². The zero-order chi connectivity index (χ0) is 17.4. The lowest BCUT2D eigenvalue weighted by atomic mass is 10.2. The summed E-state index contributed by atoms with van der Waals surface area (Å²) in [4.78, 5) is 5.40. The van der Waals surface area contributed by atoms with Gasteiger partial charge in [0, 0.05) is 22.7 Å². The molecule has 0 atom stereocenters. The van der Waals surface area contributed by atoms with Crippen LogP contribution in [0.15, 0.2) is 52.5 Å². The predicted molar refractivity (Wildman–Crippen MR) is 96.8 cm³/mol. The molecule has 0 radical (unpaired) electrons. The van der Waals surface area contributed by atoms with Crippen molar-refractivity contribution in [2.45, 2.75) is 18.4 Å². The van der Waals surface area contributed by atoms with E-state index in [1.807, 2.05) is 49.4 Å². The summed E-state index contributed by atoms with van der Waals surface area (Å²) in [6, 6.07) is 13.4. The van der Waals surface area contributed by atoms with Gasteiger partial charge in [-0.25, -0.2) is 11.0 Å². The number of nitrogens with two attached hydrogens (primary N) is 2. The molecule has 6 N–H and O–H groups in total. The number of hydrazine groups is 1. The van der Waals surface area contributed by atoms with Gasteiger partial charge in [-0.05, 0) is 43.1 Å². The highest BCUT2D eigenvalue weighted by atomic mass is 32.2. The topological polar surface area (TPSA) is 113 Å². The lowest BCUT2D eigenvalue weighted by Gasteiger charge is -2.13. The summed E-state index contributed by atoms with van der Waals surface area (Å²) in [7, 11) is 0. The summed E-state index contributed by atoms with van der Waals surface area (Å²) in [5, 5.41) is 14.2. The average Bonchev–Trinajstić information content (AvgIpc) is 2.55. The normalized spacial score (nSPS) is 11.5. The van der Waals surface area contributed by atoms with Crippen molar-refractivity contribution in [2.75, 3.05) is 13.2 Å². The second-order valence-corrected chi connectivity index (χ2v) is 6.06. The van der Waals surface area contributed by atoms with Crippen molar-refractivity contribution in [3.05, 3.63) is 59.4 Å². The van der Waals surface area contributed by atoms with E-state index in [0.717, 1.165) is 21.8 Å². The number of hydrogen-bond donors (Lipinski definition) is 4. The number of aromatic nitrogens is 1. The minimum absolute atomic E-state index is 0.104. The van der Waals surface area contributed by atoms with Gasteiger partial charge in [0.05, 0.1) is 18.8 Å². The van der Waals surface area contributed by atoms with Crippen molar-refractivity contribution in [1.29, 1.82) is 0 Å². The smallest absolute Gasteiger partial charge is 0.152 e. The van der Waals surface area contributed by atoms with E-state index in [-0.39, 0.29) is 6.61 Å². The van der Waals surface area contributed by atoms with E-state index in [9.17, 15) is 0 Å². The number of nitrogens with zero attached hydrogens (tertiary/aromatic N) is 3. The molecule has 0 aliphatic carbocycles. The van der Waals surface area contributed by atoms with E-state index in [4.69, 9.17) is 16.7 Å². The van der Waals surface area contributed by atoms with Crippen LogP contribution >= 0.6 is 11.9 Å². The van der Waals surface area contributed by atoms with Gasteiger partial charge in [-0.3, -0.25) is 9.71 Å². The Morgan fingerprint density at radius 3 is 2.71 bits per heavy atom. The third-order valence-corrected chi connectivity index (χ3v) is 3.92. The number of hydrazone groups is 1. The molecule has 2 aromatic rings. The minimum Gasteiger partial charge on any atom is -0.395 e. The Hall–Kier alpha value is -2.13. The van der Waals surface area contributed by atoms with Gasteiger partial charge in [0.25, 0.3) is 0 Å². The highest BCUT2D eigenvalue weighted by molar-refractivity contribution is 7.97. The number of rotatable bonds is 8. The number of amidine groups is 1. The van der Waals surface area contributed by atoms with Gasteiger partial charge in [0.1, 0.15) is 0 Å². The average molecular weight is 346 g/mol. The van der Waals surface area contributed by atoms with Gasteiger partial charge in [-0.15, -0.1) is 5.10 Å². The lowest BCUT2D eigenvalue weighted by Crippen LogP contribution is -2.29. The molecule has 24 heavy (non-hydrogen) atoms. The third kappa shape index (κ3) is 5.82. The number of aryl methyl sites for hydroxylation is 1. The Kier molecular flexibility index (Phi) is 7.01. The highest BCUT2D eigenvalue weighted by Gasteiger charge is 2.04. The molecule has 0 aliphatic heterocycles. The van der Waals surface area contributed by atoms with Crippen molar-refractivity contribution in [1.82, 2.24) is 14.8 Å². The predicted octanol–water partition coefficient (Wildman–Crippen LogP) is 0.975. The van der Waals surface area contributed by atoms with Gasteiger partial charge >= 0.3 is 0 Å². The lowest BCUT2D eigenvalue weighted by molar-refractivity contribution is 0.286. The molecule has 7 nitrogen and oxygen atoms in total. The fourth-order valence-corrected chi connectivity index (χ4v) is 2.59. The Labute approximate surface area is 145 Å². The van der Waals surface area contributed by atoms with Crippen molar-refractivity contribution in [3.8, 4) is 0 Å². The van der Waals surface area contributed by atoms with Gasteiger partial charge in [-0.1, -0.05) is 18.2 Å². The van der Waals surface area contributed by atoms with Crippen LogP contribution in [0.3, 0.4) is 0 Å². The van der Waals surface area contributed by atoms with Crippen molar-refractivity contribution >= 4 is 17.8 Å². The molecule has 8 heteroatoms.